The number of hydrogen-bond acceptors (Lipinski definition) is 2. The second-order valence-corrected chi connectivity index (χ2v) is 5.30. The van der Waals surface area contributed by atoms with Crippen molar-refractivity contribution in [2.24, 2.45) is 0 Å². The van der Waals surface area contributed by atoms with Crippen molar-refractivity contribution in [3.05, 3.63) is 51.5 Å². The predicted octanol–water partition coefficient (Wildman–Crippen LogP) is 4.68. The Morgan fingerprint density at radius 2 is 2.00 bits per heavy atom. The summed E-state index contributed by atoms with van der Waals surface area (Å²) in [6.07, 6.45) is 0. The molecule has 0 radical (unpaired) electrons. The quantitative estimate of drug-likeness (QED) is 0.833. The summed E-state index contributed by atoms with van der Waals surface area (Å²) >= 11 is 1.73. The van der Waals surface area contributed by atoms with Gasteiger partial charge in [0.1, 0.15) is 5.82 Å². The number of rotatable bonds is 3. The van der Waals surface area contributed by atoms with Crippen LogP contribution in [0, 0.1) is 19.7 Å². The summed E-state index contributed by atoms with van der Waals surface area (Å²) in [7, 11) is 0. The van der Waals surface area contributed by atoms with Crippen molar-refractivity contribution in [2.45, 2.75) is 26.8 Å². The Morgan fingerprint density at radius 1 is 1.24 bits per heavy atom. The molecule has 0 fully saturated rings. The lowest BCUT2D eigenvalue weighted by molar-refractivity contribution is 0.626. The van der Waals surface area contributed by atoms with E-state index in [4.69, 9.17) is 0 Å². The lowest BCUT2D eigenvalue weighted by atomic mass is 10.1. The van der Waals surface area contributed by atoms with E-state index in [-0.39, 0.29) is 11.9 Å². The molecule has 0 saturated carbocycles. The highest BCUT2D eigenvalue weighted by molar-refractivity contribution is 7.10. The molecule has 1 unspecified atom stereocenters. The van der Waals surface area contributed by atoms with Crippen molar-refractivity contribution in [2.75, 3.05) is 5.32 Å². The Hall–Kier alpha value is -1.35. The predicted molar refractivity (Wildman–Crippen MR) is 72.2 cm³/mol. The van der Waals surface area contributed by atoms with Gasteiger partial charge in [0, 0.05) is 10.6 Å². The number of nitrogens with one attached hydrogen (secondary N) is 1. The third-order valence-corrected chi connectivity index (χ3v) is 3.92. The van der Waals surface area contributed by atoms with Crippen LogP contribution in [0.5, 0.6) is 0 Å². The number of hydrogen-bond donors (Lipinski definition) is 1. The number of benzene rings is 1. The second-order valence-electron chi connectivity index (χ2n) is 4.35. The molecule has 3 heteroatoms. The maximum atomic E-state index is 13.3. The van der Waals surface area contributed by atoms with E-state index in [1.165, 1.54) is 22.6 Å². The number of anilines is 1. The largest absolute Gasteiger partial charge is 0.378 e. The highest BCUT2D eigenvalue weighted by Crippen LogP contribution is 2.27. The molecule has 1 aromatic carbocycles. The van der Waals surface area contributed by atoms with Crippen molar-refractivity contribution in [1.29, 1.82) is 0 Å². The van der Waals surface area contributed by atoms with Gasteiger partial charge >= 0.3 is 0 Å². The molecule has 0 saturated heterocycles. The average Bonchev–Trinajstić information content (AvgIpc) is 2.62. The lowest BCUT2D eigenvalue weighted by Gasteiger charge is -2.15. The van der Waals surface area contributed by atoms with E-state index < -0.39 is 0 Å². The van der Waals surface area contributed by atoms with Crippen LogP contribution < -0.4 is 5.32 Å². The first-order valence-corrected chi connectivity index (χ1v) is 6.52. The Bertz CT molecular complexity index is 498. The molecular formula is C14H16FNS. The van der Waals surface area contributed by atoms with Gasteiger partial charge in [-0.25, -0.2) is 4.39 Å². The van der Waals surface area contributed by atoms with Crippen molar-refractivity contribution in [3.8, 4) is 0 Å². The van der Waals surface area contributed by atoms with Crippen LogP contribution in [-0.2, 0) is 0 Å². The minimum atomic E-state index is -0.192. The van der Waals surface area contributed by atoms with Gasteiger partial charge in [0.15, 0.2) is 0 Å². The molecule has 0 aliphatic rings. The maximum Gasteiger partial charge on any atom is 0.125 e. The molecule has 0 aliphatic carbocycles. The molecule has 1 aromatic heterocycles. The Labute approximate surface area is 105 Å². The van der Waals surface area contributed by atoms with Gasteiger partial charge in [0.25, 0.3) is 0 Å². The van der Waals surface area contributed by atoms with Gasteiger partial charge in [-0.15, -0.1) is 11.3 Å². The van der Waals surface area contributed by atoms with Gasteiger partial charge in [-0.1, -0.05) is 0 Å². The highest BCUT2D eigenvalue weighted by atomic mass is 32.1. The molecule has 2 aromatic rings. The molecule has 1 nitrogen and oxygen atoms in total. The Balaban J connectivity index is 2.18. The first-order valence-electron chi connectivity index (χ1n) is 5.64. The van der Waals surface area contributed by atoms with Crippen molar-refractivity contribution < 1.29 is 4.39 Å². The first-order chi connectivity index (χ1) is 8.06. The Kier molecular flexibility index (Phi) is 3.48. The van der Waals surface area contributed by atoms with Crippen LogP contribution in [0.25, 0.3) is 0 Å². The monoisotopic (exact) mass is 249 g/mol. The first kappa shape index (κ1) is 12.1. The maximum absolute atomic E-state index is 13.3. The minimum Gasteiger partial charge on any atom is -0.378 e. The van der Waals surface area contributed by atoms with Crippen LogP contribution in [0.4, 0.5) is 10.1 Å². The fraction of sp³-hybridized carbons (Fsp3) is 0.286. The molecule has 0 amide bonds. The van der Waals surface area contributed by atoms with Crippen LogP contribution in [0.1, 0.15) is 29.0 Å². The van der Waals surface area contributed by atoms with Crippen LogP contribution >= 0.6 is 11.3 Å². The third-order valence-electron chi connectivity index (χ3n) is 2.72. The van der Waals surface area contributed by atoms with Crippen LogP contribution in [-0.4, -0.2) is 0 Å². The van der Waals surface area contributed by atoms with Gasteiger partial charge in [0.2, 0.25) is 0 Å². The summed E-state index contributed by atoms with van der Waals surface area (Å²) in [5, 5.41) is 5.42. The molecule has 0 bridgehead atoms. The van der Waals surface area contributed by atoms with Gasteiger partial charge in [0.05, 0.1) is 6.04 Å². The van der Waals surface area contributed by atoms with E-state index in [2.05, 4.69) is 30.6 Å². The van der Waals surface area contributed by atoms with E-state index >= 15 is 0 Å². The normalized spacial score (nSPS) is 12.5. The molecule has 0 spiro atoms. The summed E-state index contributed by atoms with van der Waals surface area (Å²) in [5.74, 6) is -0.192. The van der Waals surface area contributed by atoms with Crippen LogP contribution in [0.2, 0.25) is 0 Å². The van der Waals surface area contributed by atoms with E-state index in [1.54, 1.807) is 11.3 Å². The zero-order valence-corrected chi connectivity index (χ0v) is 11.1. The fourth-order valence-electron chi connectivity index (χ4n) is 1.96. The number of halogens is 1. The van der Waals surface area contributed by atoms with Gasteiger partial charge < -0.3 is 5.32 Å². The lowest BCUT2D eigenvalue weighted by Crippen LogP contribution is -2.06. The molecule has 2 rings (SSSR count). The molecule has 0 aliphatic heterocycles. The molecular weight excluding hydrogens is 233 g/mol. The summed E-state index contributed by atoms with van der Waals surface area (Å²) in [4.78, 5) is 1.30. The summed E-state index contributed by atoms with van der Waals surface area (Å²) in [6, 6.07) is 7.34. The third kappa shape index (κ3) is 2.86. The van der Waals surface area contributed by atoms with Crippen LogP contribution in [0.3, 0.4) is 0 Å². The zero-order chi connectivity index (χ0) is 12.4. The standard InChI is InChI=1S/C14H16FNS/c1-9-6-12(15)8-13(7-9)16-11(3)14-10(2)4-5-17-14/h4-8,11,16H,1-3H3. The fourth-order valence-corrected chi connectivity index (χ4v) is 2.90. The van der Waals surface area contributed by atoms with Crippen LogP contribution in [0.15, 0.2) is 29.6 Å². The molecule has 90 valence electrons. The van der Waals surface area contributed by atoms with E-state index in [1.807, 2.05) is 13.0 Å². The van der Waals surface area contributed by atoms with Crippen molar-refractivity contribution >= 4 is 17.0 Å². The zero-order valence-electron chi connectivity index (χ0n) is 10.3. The second kappa shape index (κ2) is 4.88. The highest BCUT2D eigenvalue weighted by Gasteiger charge is 2.10. The minimum absolute atomic E-state index is 0.192. The number of aryl methyl sites for hydroxylation is 2. The van der Waals surface area contributed by atoms with Crippen molar-refractivity contribution in [1.82, 2.24) is 0 Å². The number of thiophene rings is 1. The SMILES string of the molecule is Cc1cc(F)cc(NC(C)c2sccc2C)c1. The average molecular weight is 249 g/mol. The Morgan fingerprint density at radius 3 is 2.59 bits per heavy atom. The van der Waals surface area contributed by atoms with E-state index in [9.17, 15) is 4.39 Å². The van der Waals surface area contributed by atoms with Gasteiger partial charge in [-0.3, -0.25) is 0 Å². The van der Waals surface area contributed by atoms with E-state index in [0.717, 1.165) is 11.3 Å². The summed E-state index contributed by atoms with van der Waals surface area (Å²) in [6.45, 7) is 6.09. The van der Waals surface area contributed by atoms with Gasteiger partial charge in [-0.05, 0) is 61.5 Å². The molecule has 1 N–H and O–H groups in total. The van der Waals surface area contributed by atoms with Gasteiger partial charge in [-0.2, -0.15) is 0 Å². The van der Waals surface area contributed by atoms with Crippen molar-refractivity contribution in [3.63, 3.8) is 0 Å². The summed E-state index contributed by atoms with van der Waals surface area (Å²) in [5.41, 5.74) is 3.05. The molecule has 1 atom stereocenters. The molecule has 1 heterocycles. The molecule has 17 heavy (non-hydrogen) atoms. The smallest absolute Gasteiger partial charge is 0.125 e. The topological polar surface area (TPSA) is 12.0 Å². The summed E-state index contributed by atoms with van der Waals surface area (Å²) < 4.78 is 13.3. The van der Waals surface area contributed by atoms with E-state index in [0.29, 0.717) is 0 Å².